The van der Waals surface area contributed by atoms with Gasteiger partial charge in [-0.25, -0.2) is 0 Å². The number of carboxylic acids is 1. The Balaban J connectivity index is 1.98. The Labute approximate surface area is 155 Å². The SMILES string of the molecule is Cc1ccc(/C=C2/SC(=S)N(CCC(=O)N[C@@H](C)C(=O)[O-])C2=O)cc1. The van der Waals surface area contributed by atoms with E-state index in [1.807, 2.05) is 31.2 Å². The lowest BCUT2D eigenvalue weighted by molar-refractivity contribution is -0.307. The van der Waals surface area contributed by atoms with Gasteiger partial charge in [-0.05, 0) is 25.5 Å². The van der Waals surface area contributed by atoms with Gasteiger partial charge in [0, 0.05) is 13.0 Å². The molecule has 0 spiro atoms. The molecule has 8 heteroatoms. The minimum atomic E-state index is -1.36. The summed E-state index contributed by atoms with van der Waals surface area (Å²) >= 11 is 6.39. The number of nitrogens with one attached hydrogen (secondary N) is 1. The molecular formula is C17H17N2O4S2-. The first-order valence-corrected chi connectivity index (χ1v) is 8.82. The second-order valence-electron chi connectivity index (χ2n) is 5.60. The van der Waals surface area contributed by atoms with Gasteiger partial charge in [-0.1, -0.05) is 53.8 Å². The van der Waals surface area contributed by atoms with Crippen LogP contribution in [0.3, 0.4) is 0 Å². The van der Waals surface area contributed by atoms with Crippen molar-refractivity contribution in [3.05, 3.63) is 40.3 Å². The van der Waals surface area contributed by atoms with Gasteiger partial charge >= 0.3 is 0 Å². The van der Waals surface area contributed by atoms with E-state index in [0.29, 0.717) is 9.23 Å². The first-order valence-electron chi connectivity index (χ1n) is 7.60. The quantitative estimate of drug-likeness (QED) is 0.584. The number of hydrogen-bond donors (Lipinski definition) is 1. The molecule has 1 heterocycles. The van der Waals surface area contributed by atoms with E-state index < -0.39 is 17.9 Å². The van der Waals surface area contributed by atoms with Gasteiger partial charge < -0.3 is 15.2 Å². The number of thiocarbonyl (C=S) groups is 1. The Morgan fingerprint density at radius 2 is 2.00 bits per heavy atom. The zero-order chi connectivity index (χ0) is 18.6. The van der Waals surface area contributed by atoms with Crippen LogP contribution in [0.2, 0.25) is 0 Å². The van der Waals surface area contributed by atoms with Crippen molar-refractivity contribution in [2.45, 2.75) is 26.3 Å². The number of thioether (sulfide) groups is 1. The molecule has 0 radical (unpaired) electrons. The standard InChI is InChI=1S/C17H18N2O4S2/c1-10-3-5-12(6-4-10)9-13-15(21)19(17(24)25-13)8-7-14(20)18-11(2)16(22)23/h3-6,9,11H,7-8H2,1-2H3,(H,18,20)(H,22,23)/p-1/b13-9+/t11-/m0/s1. The van der Waals surface area contributed by atoms with Crippen molar-refractivity contribution in [2.24, 2.45) is 0 Å². The Morgan fingerprint density at radius 1 is 1.36 bits per heavy atom. The van der Waals surface area contributed by atoms with Crippen molar-refractivity contribution in [3.8, 4) is 0 Å². The first-order chi connectivity index (χ1) is 11.8. The number of benzene rings is 1. The summed E-state index contributed by atoms with van der Waals surface area (Å²) in [6, 6.07) is 6.65. The molecule has 1 fully saturated rings. The molecular weight excluding hydrogens is 360 g/mol. The number of aryl methyl sites for hydroxylation is 1. The largest absolute Gasteiger partial charge is 0.548 e. The van der Waals surface area contributed by atoms with Gasteiger partial charge in [-0.15, -0.1) is 0 Å². The summed E-state index contributed by atoms with van der Waals surface area (Å²) in [4.78, 5) is 36.6. The molecule has 6 nitrogen and oxygen atoms in total. The van der Waals surface area contributed by atoms with Gasteiger partial charge in [0.15, 0.2) is 0 Å². The summed E-state index contributed by atoms with van der Waals surface area (Å²) in [5.74, 6) is -2.09. The van der Waals surface area contributed by atoms with E-state index >= 15 is 0 Å². The van der Waals surface area contributed by atoms with Crippen LogP contribution in [0, 0.1) is 6.92 Å². The lowest BCUT2D eigenvalue weighted by Gasteiger charge is -2.17. The van der Waals surface area contributed by atoms with Gasteiger partial charge in [-0.2, -0.15) is 0 Å². The molecule has 0 unspecified atom stereocenters. The van der Waals surface area contributed by atoms with Crippen molar-refractivity contribution in [3.63, 3.8) is 0 Å². The molecule has 1 atom stereocenters. The molecule has 1 aromatic carbocycles. The predicted molar refractivity (Wildman–Crippen MR) is 98.3 cm³/mol. The van der Waals surface area contributed by atoms with Crippen molar-refractivity contribution in [1.82, 2.24) is 10.2 Å². The second kappa shape index (κ2) is 8.26. The van der Waals surface area contributed by atoms with Crippen LogP contribution in [0.25, 0.3) is 6.08 Å². The second-order valence-corrected chi connectivity index (χ2v) is 7.28. The van der Waals surface area contributed by atoms with E-state index in [4.69, 9.17) is 12.2 Å². The summed E-state index contributed by atoms with van der Waals surface area (Å²) in [6.45, 7) is 3.40. The zero-order valence-corrected chi connectivity index (χ0v) is 15.4. The fraction of sp³-hybridized carbons (Fsp3) is 0.294. The molecule has 0 bridgehead atoms. The normalized spacial score (nSPS) is 17.0. The average Bonchev–Trinajstić information content (AvgIpc) is 2.81. The molecule has 25 heavy (non-hydrogen) atoms. The molecule has 1 aliphatic heterocycles. The topological polar surface area (TPSA) is 89.5 Å². The molecule has 0 aliphatic carbocycles. The fourth-order valence-corrected chi connectivity index (χ4v) is 3.40. The number of amides is 2. The summed E-state index contributed by atoms with van der Waals surface area (Å²) in [5.41, 5.74) is 2.02. The van der Waals surface area contributed by atoms with Gasteiger partial charge in [-0.3, -0.25) is 14.5 Å². The lowest BCUT2D eigenvalue weighted by atomic mass is 10.1. The molecule has 0 saturated carbocycles. The lowest BCUT2D eigenvalue weighted by Crippen LogP contribution is -2.46. The molecule has 0 aromatic heterocycles. The third-order valence-corrected chi connectivity index (χ3v) is 4.92. The maximum Gasteiger partial charge on any atom is 0.266 e. The van der Waals surface area contributed by atoms with E-state index in [-0.39, 0.29) is 18.9 Å². The Kier molecular flexibility index (Phi) is 6.33. The first kappa shape index (κ1) is 19.1. The molecule has 1 aliphatic rings. The Morgan fingerprint density at radius 3 is 2.60 bits per heavy atom. The van der Waals surface area contributed by atoms with Crippen molar-refractivity contribution < 1.29 is 19.5 Å². The Bertz CT molecular complexity index is 744. The summed E-state index contributed by atoms with van der Waals surface area (Å²) in [7, 11) is 0. The maximum absolute atomic E-state index is 12.4. The smallest absolute Gasteiger partial charge is 0.266 e. The number of carbonyl (C=O) groups excluding carboxylic acids is 3. The van der Waals surface area contributed by atoms with Crippen LogP contribution in [-0.4, -0.2) is 39.6 Å². The van der Waals surface area contributed by atoms with E-state index in [0.717, 1.165) is 11.1 Å². The van der Waals surface area contributed by atoms with E-state index in [2.05, 4.69) is 5.32 Å². The van der Waals surface area contributed by atoms with Crippen molar-refractivity contribution in [1.29, 1.82) is 0 Å². The van der Waals surface area contributed by atoms with E-state index in [1.54, 1.807) is 6.08 Å². The number of aliphatic carboxylic acids is 1. The summed E-state index contributed by atoms with van der Waals surface area (Å²) < 4.78 is 0.379. The van der Waals surface area contributed by atoms with Gasteiger partial charge in [0.2, 0.25) is 5.91 Å². The third-order valence-electron chi connectivity index (χ3n) is 3.54. The number of carboxylic acid groups (broad SMARTS) is 1. The highest BCUT2D eigenvalue weighted by molar-refractivity contribution is 8.26. The van der Waals surface area contributed by atoms with Crippen molar-refractivity contribution >= 4 is 52.2 Å². The van der Waals surface area contributed by atoms with Crippen LogP contribution in [-0.2, 0) is 14.4 Å². The van der Waals surface area contributed by atoms with Crippen LogP contribution in [0.15, 0.2) is 29.2 Å². The zero-order valence-electron chi connectivity index (χ0n) is 13.8. The minimum Gasteiger partial charge on any atom is -0.548 e. The predicted octanol–water partition coefficient (Wildman–Crippen LogP) is 0.841. The highest BCUT2D eigenvalue weighted by Crippen LogP contribution is 2.32. The van der Waals surface area contributed by atoms with E-state index in [1.165, 1.54) is 23.6 Å². The van der Waals surface area contributed by atoms with Gasteiger partial charge in [0.1, 0.15) is 4.32 Å². The summed E-state index contributed by atoms with van der Waals surface area (Å²) in [5, 5.41) is 12.9. The van der Waals surface area contributed by atoms with Crippen LogP contribution in [0.5, 0.6) is 0 Å². The molecule has 1 N–H and O–H groups in total. The van der Waals surface area contributed by atoms with Gasteiger partial charge in [0.25, 0.3) is 5.91 Å². The van der Waals surface area contributed by atoms with Crippen molar-refractivity contribution in [2.75, 3.05) is 6.54 Å². The molecule has 2 rings (SSSR count). The van der Waals surface area contributed by atoms with Gasteiger partial charge in [0.05, 0.1) is 16.9 Å². The number of hydrogen-bond acceptors (Lipinski definition) is 6. The molecule has 1 aromatic rings. The van der Waals surface area contributed by atoms with E-state index in [9.17, 15) is 19.5 Å². The third kappa shape index (κ3) is 5.14. The maximum atomic E-state index is 12.4. The van der Waals surface area contributed by atoms with Crippen LogP contribution < -0.4 is 10.4 Å². The minimum absolute atomic E-state index is 0.0398. The number of nitrogens with zero attached hydrogens (tertiary/aromatic N) is 1. The van der Waals surface area contributed by atoms with Crippen LogP contribution in [0.1, 0.15) is 24.5 Å². The van der Waals surface area contributed by atoms with Crippen LogP contribution >= 0.6 is 24.0 Å². The molecule has 2 amide bonds. The van der Waals surface area contributed by atoms with Crippen LogP contribution in [0.4, 0.5) is 0 Å². The molecule has 1 saturated heterocycles. The number of carbonyl (C=O) groups is 3. The monoisotopic (exact) mass is 377 g/mol. The fourth-order valence-electron chi connectivity index (χ4n) is 2.09. The molecule has 132 valence electrons. The highest BCUT2D eigenvalue weighted by atomic mass is 32.2. The highest BCUT2D eigenvalue weighted by Gasteiger charge is 2.32. The number of rotatable bonds is 6. The summed E-state index contributed by atoms with van der Waals surface area (Å²) in [6.07, 6.45) is 1.72. The average molecular weight is 377 g/mol. The Hall–Kier alpha value is -2.19.